The topological polar surface area (TPSA) is 9.23 Å². The second-order valence-corrected chi connectivity index (χ2v) is 7.39. The first-order valence-electron chi connectivity index (χ1n) is 7.33. The lowest BCUT2D eigenvalue weighted by atomic mass is 9.89. The summed E-state index contributed by atoms with van der Waals surface area (Å²) in [5.41, 5.74) is 3.14. The smallest absolute Gasteiger partial charge is 0.122 e. The van der Waals surface area contributed by atoms with Crippen LogP contribution in [-0.4, -0.2) is 12.0 Å². The largest absolute Gasteiger partial charge is 0.493 e. The minimum Gasteiger partial charge on any atom is -0.493 e. The first-order valence-corrected chi connectivity index (χ1v) is 7.76. The van der Waals surface area contributed by atoms with Crippen molar-refractivity contribution in [3.05, 3.63) is 29.3 Å². The third kappa shape index (κ3) is 4.72. The minimum absolute atomic E-state index is 0.295. The number of hydrogen-bond donors (Lipinski definition) is 0. The molecule has 0 fully saturated rings. The zero-order valence-electron chi connectivity index (χ0n) is 12.3. The van der Waals surface area contributed by atoms with Crippen LogP contribution in [-0.2, 0) is 12.8 Å². The van der Waals surface area contributed by atoms with Crippen LogP contribution in [0.2, 0.25) is 0 Å². The number of aryl methyl sites for hydroxylation is 1. The molecule has 1 heterocycles. The molecule has 106 valence electrons. The van der Waals surface area contributed by atoms with Crippen molar-refractivity contribution in [1.82, 2.24) is 0 Å². The Hall–Kier alpha value is -0.690. The van der Waals surface area contributed by atoms with Crippen molar-refractivity contribution in [3.63, 3.8) is 0 Å². The molecule has 0 aliphatic carbocycles. The van der Waals surface area contributed by atoms with Gasteiger partial charge in [-0.15, -0.1) is 11.6 Å². The first kappa shape index (κ1) is 14.7. The normalized spacial score (nSPS) is 16.0. The van der Waals surface area contributed by atoms with E-state index in [1.165, 1.54) is 17.5 Å². The summed E-state index contributed by atoms with van der Waals surface area (Å²) < 4.78 is 5.53. The van der Waals surface area contributed by atoms with Crippen molar-refractivity contribution in [2.24, 2.45) is 5.41 Å². The maximum absolute atomic E-state index is 6.43. The Kier molecular flexibility index (Phi) is 4.78. The average molecular weight is 281 g/mol. The van der Waals surface area contributed by atoms with Crippen LogP contribution in [0.1, 0.15) is 51.2 Å². The van der Waals surface area contributed by atoms with Gasteiger partial charge in [0.05, 0.1) is 6.61 Å². The van der Waals surface area contributed by atoms with Crippen molar-refractivity contribution in [2.45, 2.75) is 58.3 Å². The molecule has 1 atom stereocenters. The molecule has 0 amide bonds. The van der Waals surface area contributed by atoms with E-state index in [4.69, 9.17) is 16.3 Å². The Bertz CT molecular complexity index is 420. The molecule has 1 aromatic carbocycles. The monoisotopic (exact) mass is 280 g/mol. The van der Waals surface area contributed by atoms with Crippen LogP contribution in [0.3, 0.4) is 0 Å². The maximum Gasteiger partial charge on any atom is 0.122 e. The lowest BCUT2D eigenvalue weighted by Gasteiger charge is -2.20. The highest BCUT2D eigenvalue weighted by Gasteiger charge is 2.15. The molecule has 0 radical (unpaired) electrons. The first-order chi connectivity index (χ1) is 8.94. The molecule has 0 spiro atoms. The molecule has 2 heteroatoms. The highest BCUT2D eigenvalue weighted by atomic mass is 35.5. The molecular formula is C17H25ClO. The van der Waals surface area contributed by atoms with Crippen molar-refractivity contribution in [1.29, 1.82) is 0 Å². The molecule has 0 saturated heterocycles. The number of fused-ring (bicyclic) bond motifs is 1. The molecule has 0 bridgehead atoms. The van der Waals surface area contributed by atoms with E-state index in [1.54, 1.807) is 0 Å². The highest BCUT2D eigenvalue weighted by Crippen LogP contribution is 2.28. The summed E-state index contributed by atoms with van der Waals surface area (Å²) in [6, 6.07) is 6.57. The SMILES string of the molecule is CC(C)(C)CCC(Cl)CCc1ccc2c(c1)CCO2. The lowest BCUT2D eigenvalue weighted by Crippen LogP contribution is -2.09. The lowest BCUT2D eigenvalue weighted by molar-refractivity contribution is 0.356. The van der Waals surface area contributed by atoms with E-state index >= 15 is 0 Å². The van der Waals surface area contributed by atoms with E-state index in [0.717, 1.165) is 38.0 Å². The van der Waals surface area contributed by atoms with Gasteiger partial charge in [-0.1, -0.05) is 32.9 Å². The van der Waals surface area contributed by atoms with Gasteiger partial charge < -0.3 is 4.74 Å². The highest BCUT2D eigenvalue weighted by molar-refractivity contribution is 6.20. The minimum atomic E-state index is 0.295. The third-order valence-electron chi connectivity index (χ3n) is 3.71. The summed E-state index contributed by atoms with van der Waals surface area (Å²) in [5.74, 6) is 1.07. The van der Waals surface area contributed by atoms with Crippen LogP contribution in [0.25, 0.3) is 0 Å². The predicted molar refractivity (Wildman–Crippen MR) is 82.3 cm³/mol. The molecule has 2 rings (SSSR count). The molecule has 1 unspecified atom stereocenters. The van der Waals surface area contributed by atoms with Gasteiger partial charge in [-0.2, -0.15) is 0 Å². The van der Waals surface area contributed by atoms with Gasteiger partial charge in [0.15, 0.2) is 0 Å². The summed E-state index contributed by atoms with van der Waals surface area (Å²) in [6.07, 6.45) is 5.50. The van der Waals surface area contributed by atoms with E-state index < -0.39 is 0 Å². The van der Waals surface area contributed by atoms with Gasteiger partial charge in [0.25, 0.3) is 0 Å². The fourth-order valence-corrected chi connectivity index (χ4v) is 2.67. The predicted octanol–water partition coefficient (Wildman–Crippen LogP) is 4.99. The Morgan fingerprint density at radius 3 is 2.79 bits per heavy atom. The van der Waals surface area contributed by atoms with E-state index in [1.807, 2.05) is 0 Å². The van der Waals surface area contributed by atoms with Crippen molar-refractivity contribution in [2.75, 3.05) is 6.61 Å². The second-order valence-electron chi connectivity index (χ2n) is 6.78. The average Bonchev–Trinajstić information content (AvgIpc) is 2.80. The summed E-state index contributed by atoms with van der Waals surface area (Å²) in [4.78, 5) is 0. The molecule has 0 N–H and O–H groups in total. The molecule has 19 heavy (non-hydrogen) atoms. The number of ether oxygens (including phenoxy) is 1. The van der Waals surface area contributed by atoms with Crippen LogP contribution < -0.4 is 4.74 Å². The quantitative estimate of drug-likeness (QED) is 0.691. The summed E-state index contributed by atoms with van der Waals surface area (Å²) in [7, 11) is 0. The van der Waals surface area contributed by atoms with Gasteiger partial charge >= 0.3 is 0 Å². The molecule has 1 aromatic rings. The Morgan fingerprint density at radius 2 is 2.05 bits per heavy atom. The molecular weight excluding hydrogens is 256 g/mol. The molecule has 1 nitrogen and oxygen atoms in total. The number of rotatable bonds is 5. The van der Waals surface area contributed by atoms with E-state index in [-0.39, 0.29) is 0 Å². The summed E-state index contributed by atoms with van der Waals surface area (Å²) in [6.45, 7) is 7.66. The zero-order chi connectivity index (χ0) is 13.9. The van der Waals surface area contributed by atoms with Crippen molar-refractivity contribution < 1.29 is 4.74 Å². The molecule has 0 saturated carbocycles. The zero-order valence-corrected chi connectivity index (χ0v) is 13.1. The fraction of sp³-hybridized carbons (Fsp3) is 0.647. The maximum atomic E-state index is 6.43. The summed E-state index contributed by atoms with van der Waals surface area (Å²) >= 11 is 6.43. The van der Waals surface area contributed by atoms with Crippen LogP contribution >= 0.6 is 11.6 Å². The van der Waals surface area contributed by atoms with Gasteiger partial charge in [-0.3, -0.25) is 0 Å². The standard InChI is InChI=1S/C17H25ClO/c1-17(2,3)10-8-15(18)6-4-13-5-7-16-14(12-13)9-11-19-16/h5,7,12,15H,4,6,8-11H2,1-3H3. The van der Waals surface area contributed by atoms with Gasteiger partial charge in [-0.05, 0) is 48.3 Å². The third-order valence-corrected chi connectivity index (χ3v) is 4.14. The van der Waals surface area contributed by atoms with Gasteiger partial charge in [0.2, 0.25) is 0 Å². The van der Waals surface area contributed by atoms with Crippen LogP contribution in [0.4, 0.5) is 0 Å². The number of hydrogen-bond acceptors (Lipinski definition) is 1. The van der Waals surface area contributed by atoms with E-state index in [2.05, 4.69) is 39.0 Å². The molecule has 1 aliphatic rings. The Labute approximate surface area is 122 Å². The molecule has 0 aromatic heterocycles. The Morgan fingerprint density at radius 1 is 1.26 bits per heavy atom. The van der Waals surface area contributed by atoms with E-state index in [9.17, 15) is 0 Å². The van der Waals surface area contributed by atoms with Crippen molar-refractivity contribution >= 4 is 11.6 Å². The van der Waals surface area contributed by atoms with Crippen LogP contribution in [0.5, 0.6) is 5.75 Å². The number of alkyl halides is 1. The van der Waals surface area contributed by atoms with E-state index in [0.29, 0.717) is 10.8 Å². The van der Waals surface area contributed by atoms with Crippen LogP contribution in [0.15, 0.2) is 18.2 Å². The van der Waals surface area contributed by atoms with Crippen molar-refractivity contribution in [3.8, 4) is 5.75 Å². The van der Waals surface area contributed by atoms with Crippen LogP contribution in [0, 0.1) is 5.41 Å². The van der Waals surface area contributed by atoms with Gasteiger partial charge in [0, 0.05) is 11.8 Å². The number of benzene rings is 1. The number of halogens is 1. The second kappa shape index (κ2) is 6.17. The van der Waals surface area contributed by atoms with Gasteiger partial charge in [-0.25, -0.2) is 0 Å². The van der Waals surface area contributed by atoms with Gasteiger partial charge in [0.1, 0.15) is 5.75 Å². The molecule has 1 aliphatic heterocycles. The summed E-state index contributed by atoms with van der Waals surface area (Å²) in [5, 5.41) is 0.295. The fourth-order valence-electron chi connectivity index (χ4n) is 2.45. The Balaban J connectivity index is 1.79.